The lowest BCUT2D eigenvalue weighted by Crippen LogP contribution is -2.18. The Morgan fingerprint density at radius 2 is 2.00 bits per heavy atom. The van der Waals surface area contributed by atoms with Crippen LogP contribution in [-0.2, 0) is 13.1 Å². The predicted octanol–water partition coefficient (Wildman–Crippen LogP) is 3.90. The van der Waals surface area contributed by atoms with E-state index in [9.17, 15) is 5.11 Å². The van der Waals surface area contributed by atoms with Crippen molar-refractivity contribution in [2.75, 3.05) is 13.1 Å². The molecule has 1 saturated heterocycles. The third-order valence-corrected chi connectivity index (χ3v) is 5.97. The summed E-state index contributed by atoms with van der Waals surface area (Å²) in [6, 6.07) is 8.04. The molecule has 4 aromatic rings. The molecule has 0 spiro atoms. The number of hydrogen-bond donors (Lipinski definition) is 1. The Kier molecular flexibility index (Phi) is 4.54. The highest BCUT2D eigenvalue weighted by Gasteiger charge is 2.18. The average molecular weight is 392 g/mol. The van der Waals surface area contributed by atoms with Crippen LogP contribution in [-0.4, -0.2) is 43.1 Å². The van der Waals surface area contributed by atoms with E-state index in [2.05, 4.69) is 31.5 Å². The van der Waals surface area contributed by atoms with Crippen LogP contribution in [0.1, 0.15) is 24.0 Å². The Morgan fingerprint density at radius 3 is 2.82 bits per heavy atom. The summed E-state index contributed by atoms with van der Waals surface area (Å²) in [7, 11) is 0. The maximum atomic E-state index is 10.8. The quantitative estimate of drug-likeness (QED) is 0.559. The number of aromatic hydroxyl groups is 1. The molecule has 0 atom stereocenters. The van der Waals surface area contributed by atoms with E-state index in [0.717, 1.165) is 47.4 Å². The molecule has 0 saturated carbocycles. The number of fused-ring (bicyclic) bond motifs is 1. The van der Waals surface area contributed by atoms with Gasteiger partial charge in [-0.15, -0.1) is 0 Å². The van der Waals surface area contributed by atoms with Gasteiger partial charge in [0.2, 0.25) is 0 Å². The van der Waals surface area contributed by atoms with Gasteiger partial charge in [0.05, 0.1) is 12.7 Å². The van der Waals surface area contributed by atoms with Crippen molar-refractivity contribution < 1.29 is 5.11 Å². The highest BCUT2D eigenvalue weighted by molar-refractivity contribution is 7.08. The van der Waals surface area contributed by atoms with Crippen molar-refractivity contribution in [3.05, 3.63) is 58.5 Å². The van der Waals surface area contributed by atoms with Gasteiger partial charge in [-0.1, -0.05) is 6.07 Å². The van der Waals surface area contributed by atoms with Crippen molar-refractivity contribution in [1.29, 1.82) is 0 Å². The number of phenols is 1. The number of thiophene rings is 1. The lowest BCUT2D eigenvalue weighted by molar-refractivity contribution is 0.324. The van der Waals surface area contributed by atoms with E-state index in [-0.39, 0.29) is 0 Å². The summed E-state index contributed by atoms with van der Waals surface area (Å²) >= 11 is 1.65. The van der Waals surface area contributed by atoms with Crippen LogP contribution in [0.15, 0.2) is 47.4 Å². The molecule has 0 bridgehead atoms. The summed E-state index contributed by atoms with van der Waals surface area (Å²) in [5, 5.41) is 24.9. The van der Waals surface area contributed by atoms with Gasteiger partial charge in [-0.2, -0.15) is 26.3 Å². The number of benzene rings is 1. The Balaban J connectivity index is 1.51. The first-order valence-electron chi connectivity index (χ1n) is 9.51. The molecule has 1 aliphatic heterocycles. The van der Waals surface area contributed by atoms with Crippen molar-refractivity contribution in [1.82, 2.24) is 24.9 Å². The SMILES string of the molecule is Oc1c(CN2CCCC2)cc(Cn2ncc(-c3ccsc3)n2)c2cccnc12. The van der Waals surface area contributed by atoms with Crippen molar-refractivity contribution in [2.24, 2.45) is 0 Å². The average Bonchev–Trinajstić information content (AvgIpc) is 3.47. The molecule has 4 heterocycles. The normalized spacial score (nSPS) is 14.9. The second-order valence-corrected chi connectivity index (χ2v) is 7.98. The molecule has 7 heteroatoms. The lowest BCUT2D eigenvalue weighted by atomic mass is 10.0. The van der Waals surface area contributed by atoms with Gasteiger partial charge in [-0.25, -0.2) is 0 Å². The molecule has 0 aliphatic carbocycles. The molecule has 0 radical (unpaired) electrons. The summed E-state index contributed by atoms with van der Waals surface area (Å²) in [5.74, 6) is 0.290. The van der Waals surface area contributed by atoms with E-state index < -0.39 is 0 Å². The molecule has 142 valence electrons. The Morgan fingerprint density at radius 1 is 1.11 bits per heavy atom. The standard InChI is InChI=1S/C21H21N5OS/c27-21-17(12-25-7-1-2-8-25)10-16(18-4-3-6-22-20(18)21)13-26-23-11-19(24-26)15-5-9-28-14-15/h3-6,9-11,14,27H,1-2,7-8,12-13H2. The summed E-state index contributed by atoms with van der Waals surface area (Å²) in [5.41, 5.74) is 4.61. The number of pyridine rings is 1. The van der Waals surface area contributed by atoms with E-state index in [0.29, 0.717) is 17.8 Å². The van der Waals surface area contributed by atoms with Crippen molar-refractivity contribution in [3.63, 3.8) is 0 Å². The molecular weight excluding hydrogens is 370 g/mol. The van der Waals surface area contributed by atoms with Crippen LogP contribution in [0.4, 0.5) is 0 Å². The molecule has 1 aliphatic rings. The Labute approximate surface area is 167 Å². The van der Waals surface area contributed by atoms with Crippen LogP contribution in [0, 0.1) is 0 Å². The fourth-order valence-electron chi connectivity index (χ4n) is 3.86. The molecule has 0 amide bonds. The molecule has 1 fully saturated rings. The third-order valence-electron chi connectivity index (χ3n) is 5.29. The summed E-state index contributed by atoms with van der Waals surface area (Å²) in [4.78, 5) is 8.54. The molecule has 1 N–H and O–H groups in total. The van der Waals surface area contributed by atoms with Gasteiger partial charge in [0, 0.05) is 34.6 Å². The van der Waals surface area contributed by atoms with Gasteiger partial charge in [0.15, 0.2) is 0 Å². The summed E-state index contributed by atoms with van der Waals surface area (Å²) < 4.78 is 0. The second-order valence-electron chi connectivity index (χ2n) is 7.20. The van der Waals surface area contributed by atoms with Gasteiger partial charge in [0.1, 0.15) is 17.0 Å². The minimum atomic E-state index is 0.290. The van der Waals surface area contributed by atoms with E-state index in [4.69, 9.17) is 0 Å². The summed E-state index contributed by atoms with van der Waals surface area (Å²) in [6.07, 6.45) is 5.98. The van der Waals surface area contributed by atoms with Crippen LogP contribution in [0.3, 0.4) is 0 Å². The molecule has 6 nitrogen and oxygen atoms in total. The number of likely N-dealkylation sites (tertiary alicyclic amines) is 1. The van der Waals surface area contributed by atoms with Crippen LogP contribution < -0.4 is 0 Å². The van der Waals surface area contributed by atoms with Crippen LogP contribution in [0.25, 0.3) is 22.2 Å². The van der Waals surface area contributed by atoms with E-state index in [1.807, 2.05) is 23.6 Å². The number of hydrogen-bond acceptors (Lipinski definition) is 6. The monoisotopic (exact) mass is 391 g/mol. The molecule has 0 unspecified atom stereocenters. The molecule has 5 rings (SSSR count). The van der Waals surface area contributed by atoms with Crippen molar-refractivity contribution in [3.8, 4) is 17.0 Å². The van der Waals surface area contributed by atoms with Crippen LogP contribution in [0.2, 0.25) is 0 Å². The maximum Gasteiger partial charge on any atom is 0.146 e. The first-order valence-corrected chi connectivity index (χ1v) is 10.5. The first kappa shape index (κ1) is 17.3. The van der Waals surface area contributed by atoms with Crippen molar-refractivity contribution in [2.45, 2.75) is 25.9 Å². The predicted molar refractivity (Wildman–Crippen MR) is 110 cm³/mol. The lowest BCUT2D eigenvalue weighted by Gasteiger charge is -2.18. The van der Waals surface area contributed by atoms with Crippen molar-refractivity contribution >= 4 is 22.2 Å². The minimum absolute atomic E-state index is 0.290. The zero-order valence-electron chi connectivity index (χ0n) is 15.5. The van der Waals surface area contributed by atoms with Crippen LogP contribution >= 0.6 is 11.3 Å². The molecular formula is C21H21N5OS. The minimum Gasteiger partial charge on any atom is -0.505 e. The number of rotatable bonds is 5. The van der Waals surface area contributed by atoms with Gasteiger partial charge in [-0.05, 0) is 55.1 Å². The number of nitrogens with zero attached hydrogens (tertiary/aromatic N) is 5. The molecule has 28 heavy (non-hydrogen) atoms. The number of aromatic nitrogens is 4. The highest BCUT2D eigenvalue weighted by Crippen LogP contribution is 2.32. The molecule has 1 aromatic carbocycles. The second kappa shape index (κ2) is 7.33. The van der Waals surface area contributed by atoms with Gasteiger partial charge >= 0.3 is 0 Å². The topological polar surface area (TPSA) is 67.1 Å². The van der Waals surface area contributed by atoms with E-state index in [1.54, 1.807) is 28.5 Å². The largest absolute Gasteiger partial charge is 0.505 e. The summed E-state index contributed by atoms with van der Waals surface area (Å²) in [6.45, 7) is 3.46. The third kappa shape index (κ3) is 3.27. The van der Waals surface area contributed by atoms with Gasteiger partial charge in [0.25, 0.3) is 0 Å². The highest BCUT2D eigenvalue weighted by atomic mass is 32.1. The van der Waals surface area contributed by atoms with Gasteiger partial charge < -0.3 is 5.11 Å². The maximum absolute atomic E-state index is 10.8. The van der Waals surface area contributed by atoms with E-state index >= 15 is 0 Å². The van der Waals surface area contributed by atoms with E-state index in [1.165, 1.54) is 12.8 Å². The zero-order valence-corrected chi connectivity index (χ0v) is 16.3. The Hall–Kier alpha value is -2.77. The fraction of sp³-hybridized carbons (Fsp3) is 0.286. The first-order chi connectivity index (χ1) is 13.8. The Bertz CT molecular complexity index is 1100. The number of phenolic OH excluding ortho intramolecular Hbond substituents is 1. The van der Waals surface area contributed by atoms with Gasteiger partial charge in [-0.3, -0.25) is 9.88 Å². The smallest absolute Gasteiger partial charge is 0.146 e. The van der Waals surface area contributed by atoms with Crippen LogP contribution in [0.5, 0.6) is 5.75 Å². The fourth-order valence-corrected chi connectivity index (χ4v) is 4.51. The zero-order chi connectivity index (χ0) is 18.9. The molecule has 3 aromatic heterocycles.